The molecule has 0 fully saturated rings. The molecule has 0 aliphatic rings. The molecule has 0 spiro atoms. The van der Waals surface area contributed by atoms with Gasteiger partial charge in [-0.25, -0.2) is 0 Å². The Morgan fingerprint density at radius 2 is 1.70 bits per heavy atom. The van der Waals surface area contributed by atoms with Crippen molar-refractivity contribution in [3.8, 4) is 0 Å². The standard InChI is InChI=1S/C23H27Cl3N2O2/c1-3-5-12-27-23(30)21(4-2)28(15-18-19(25)10-7-11-20(18)26)22(29)14-16-8-6-9-17(24)13-16/h6-11,13,21H,3-5,12,14-15H2,1-2H3,(H,27,30). The first-order valence-corrected chi connectivity index (χ1v) is 11.2. The minimum absolute atomic E-state index is 0.126. The highest BCUT2D eigenvalue weighted by Crippen LogP contribution is 2.27. The van der Waals surface area contributed by atoms with Crippen LogP contribution >= 0.6 is 34.8 Å². The molecule has 2 aromatic rings. The normalized spacial score (nSPS) is 11.8. The van der Waals surface area contributed by atoms with E-state index in [2.05, 4.69) is 12.2 Å². The van der Waals surface area contributed by atoms with E-state index in [1.54, 1.807) is 41.3 Å². The minimum atomic E-state index is -0.624. The highest BCUT2D eigenvalue weighted by molar-refractivity contribution is 6.36. The molecule has 1 N–H and O–H groups in total. The van der Waals surface area contributed by atoms with Crippen LogP contribution in [0, 0.1) is 0 Å². The third kappa shape index (κ3) is 6.90. The van der Waals surface area contributed by atoms with Crippen molar-refractivity contribution in [1.82, 2.24) is 10.2 Å². The number of hydrogen-bond donors (Lipinski definition) is 1. The maximum atomic E-state index is 13.3. The molecule has 0 aromatic heterocycles. The number of carbonyl (C=O) groups is 2. The molecular weight excluding hydrogens is 443 g/mol. The maximum Gasteiger partial charge on any atom is 0.242 e. The number of rotatable bonds is 10. The smallest absolute Gasteiger partial charge is 0.242 e. The van der Waals surface area contributed by atoms with E-state index in [4.69, 9.17) is 34.8 Å². The third-order valence-corrected chi connectivity index (χ3v) is 5.79. The van der Waals surface area contributed by atoms with E-state index >= 15 is 0 Å². The van der Waals surface area contributed by atoms with Crippen LogP contribution in [0.15, 0.2) is 42.5 Å². The molecule has 0 saturated heterocycles. The van der Waals surface area contributed by atoms with Crippen LogP contribution in [0.25, 0.3) is 0 Å². The topological polar surface area (TPSA) is 49.4 Å². The molecule has 162 valence electrons. The summed E-state index contributed by atoms with van der Waals surface area (Å²) < 4.78 is 0. The fraction of sp³-hybridized carbons (Fsp3) is 0.391. The number of nitrogens with one attached hydrogen (secondary N) is 1. The maximum absolute atomic E-state index is 13.3. The van der Waals surface area contributed by atoms with Gasteiger partial charge in [0, 0.05) is 33.7 Å². The van der Waals surface area contributed by atoms with Gasteiger partial charge in [-0.05, 0) is 42.7 Å². The second-order valence-corrected chi connectivity index (χ2v) is 8.35. The molecule has 2 rings (SSSR count). The van der Waals surface area contributed by atoms with E-state index in [-0.39, 0.29) is 24.8 Å². The summed E-state index contributed by atoms with van der Waals surface area (Å²) in [5.41, 5.74) is 1.41. The van der Waals surface area contributed by atoms with Crippen LogP contribution in [0.2, 0.25) is 15.1 Å². The molecule has 0 aliphatic carbocycles. The van der Waals surface area contributed by atoms with Gasteiger partial charge in [0.05, 0.1) is 6.42 Å². The summed E-state index contributed by atoms with van der Waals surface area (Å²) in [5.74, 6) is -0.362. The number of halogens is 3. The summed E-state index contributed by atoms with van der Waals surface area (Å²) in [6, 6.07) is 11.7. The van der Waals surface area contributed by atoms with Crippen molar-refractivity contribution in [3.05, 3.63) is 68.7 Å². The summed E-state index contributed by atoms with van der Waals surface area (Å²) in [4.78, 5) is 27.7. The second kappa shape index (κ2) is 12.2. The fourth-order valence-corrected chi connectivity index (χ4v) is 3.93. The van der Waals surface area contributed by atoms with Gasteiger partial charge in [-0.2, -0.15) is 0 Å². The van der Waals surface area contributed by atoms with Crippen molar-refractivity contribution >= 4 is 46.6 Å². The van der Waals surface area contributed by atoms with Gasteiger partial charge in [-0.3, -0.25) is 9.59 Å². The van der Waals surface area contributed by atoms with E-state index in [1.165, 1.54) is 0 Å². The van der Waals surface area contributed by atoms with Crippen molar-refractivity contribution in [3.63, 3.8) is 0 Å². The van der Waals surface area contributed by atoms with E-state index in [0.29, 0.717) is 33.6 Å². The number of amides is 2. The average molecular weight is 470 g/mol. The molecular formula is C23H27Cl3N2O2. The Morgan fingerprint density at radius 1 is 1.03 bits per heavy atom. The van der Waals surface area contributed by atoms with Crippen LogP contribution in [0.3, 0.4) is 0 Å². The summed E-state index contributed by atoms with van der Waals surface area (Å²) in [7, 11) is 0. The summed E-state index contributed by atoms with van der Waals surface area (Å²) in [6.07, 6.45) is 2.46. The monoisotopic (exact) mass is 468 g/mol. The Kier molecular flexibility index (Phi) is 9.96. The van der Waals surface area contributed by atoms with E-state index in [0.717, 1.165) is 18.4 Å². The van der Waals surface area contributed by atoms with E-state index < -0.39 is 6.04 Å². The third-order valence-electron chi connectivity index (χ3n) is 4.85. The van der Waals surface area contributed by atoms with Gasteiger partial charge >= 0.3 is 0 Å². The zero-order chi connectivity index (χ0) is 22.1. The molecule has 7 heteroatoms. The minimum Gasteiger partial charge on any atom is -0.354 e. The molecule has 0 saturated carbocycles. The Hall–Kier alpha value is -1.75. The summed E-state index contributed by atoms with van der Waals surface area (Å²) in [6.45, 7) is 4.67. The highest BCUT2D eigenvalue weighted by atomic mass is 35.5. The number of benzene rings is 2. The van der Waals surface area contributed by atoms with Crippen molar-refractivity contribution in [1.29, 1.82) is 0 Å². The predicted molar refractivity (Wildman–Crippen MR) is 124 cm³/mol. The zero-order valence-electron chi connectivity index (χ0n) is 17.3. The number of hydrogen-bond acceptors (Lipinski definition) is 2. The van der Waals surface area contributed by atoms with Crippen LogP contribution in [-0.2, 0) is 22.6 Å². The Morgan fingerprint density at radius 3 is 2.30 bits per heavy atom. The molecule has 4 nitrogen and oxygen atoms in total. The Balaban J connectivity index is 2.32. The number of carbonyl (C=O) groups excluding carboxylic acids is 2. The zero-order valence-corrected chi connectivity index (χ0v) is 19.5. The lowest BCUT2D eigenvalue weighted by Gasteiger charge is -2.31. The fourth-order valence-electron chi connectivity index (χ4n) is 3.20. The van der Waals surface area contributed by atoms with Crippen molar-refractivity contribution in [2.75, 3.05) is 6.54 Å². The van der Waals surface area contributed by atoms with Gasteiger partial charge in [0.25, 0.3) is 0 Å². The molecule has 0 heterocycles. The average Bonchev–Trinajstić information content (AvgIpc) is 2.70. The predicted octanol–water partition coefficient (Wildman–Crippen LogP) is 5.91. The molecule has 2 amide bonds. The van der Waals surface area contributed by atoms with E-state index in [1.807, 2.05) is 13.0 Å². The summed E-state index contributed by atoms with van der Waals surface area (Å²) in [5, 5.41) is 4.42. The van der Waals surface area contributed by atoms with Gasteiger partial charge in [0.1, 0.15) is 6.04 Å². The SMILES string of the molecule is CCCCNC(=O)C(CC)N(Cc1c(Cl)cccc1Cl)C(=O)Cc1cccc(Cl)c1. The Labute approximate surface area is 193 Å². The first-order chi connectivity index (χ1) is 14.4. The lowest BCUT2D eigenvalue weighted by atomic mass is 10.1. The number of unbranched alkanes of at least 4 members (excludes halogenated alkanes) is 1. The van der Waals surface area contributed by atoms with Crippen molar-refractivity contribution < 1.29 is 9.59 Å². The van der Waals surface area contributed by atoms with Gasteiger partial charge in [-0.15, -0.1) is 0 Å². The quantitative estimate of drug-likeness (QED) is 0.440. The molecule has 0 aliphatic heterocycles. The molecule has 0 bridgehead atoms. The molecule has 1 atom stereocenters. The van der Waals surface area contributed by atoms with Gasteiger partial charge in [0.2, 0.25) is 11.8 Å². The largest absolute Gasteiger partial charge is 0.354 e. The molecule has 1 unspecified atom stereocenters. The second-order valence-electron chi connectivity index (χ2n) is 7.10. The van der Waals surface area contributed by atoms with E-state index in [9.17, 15) is 9.59 Å². The molecule has 30 heavy (non-hydrogen) atoms. The van der Waals surface area contributed by atoms with Crippen LogP contribution in [-0.4, -0.2) is 29.3 Å². The van der Waals surface area contributed by atoms with Crippen LogP contribution in [0.1, 0.15) is 44.2 Å². The number of nitrogens with zero attached hydrogens (tertiary/aromatic N) is 1. The van der Waals surface area contributed by atoms with Gasteiger partial charge in [-0.1, -0.05) is 73.3 Å². The van der Waals surface area contributed by atoms with Gasteiger partial charge < -0.3 is 10.2 Å². The highest BCUT2D eigenvalue weighted by Gasteiger charge is 2.29. The lowest BCUT2D eigenvalue weighted by Crippen LogP contribution is -2.49. The molecule has 2 aromatic carbocycles. The first kappa shape index (κ1) is 24.5. The van der Waals surface area contributed by atoms with Crippen LogP contribution in [0.4, 0.5) is 0 Å². The van der Waals surface area contributed by atoms with Crippen LogP contribution in [0.5, 0.6) is 0 Å². The van der Waals surface area contributed by atoms with Crippen molar-refractivity contribution in [2.45, 2.75) is 52.1 Å². The molecule has 0 radical (unpaired) electrons. The van der Waals surface area contributed by atoms with Crippen molar-refractivity contribution in [2.24, 2.45) is 0 Å². The first-order valence-electron chi connectivity index (χ1n) is 10.1. The summed E-state index contributed by atoms with van der Waals surface area (Å²) >= 11 is 18.8. The Bertz CT molecular complexity index is 853. The lowest BCUT2D eigenvalue weighted by molar-refractivity contribution is -0.140. The van der Waals surface area contributed by atoms with Crippen LogP contribution < -0.4 is 5.32 Å². The van der Waals surface area contributed by atoms with Gasteiger partial charge in [0.15, 0.2) is 0 Å².